The summed E-state index contributed by atoms with van der Waals surface area (Å²) in [7, 11) is 0. The van der Waals surface area contributed by atoms with Crippen LogP contribution in [-0.4, -0.2) is 5.11 Å². The Labute approximate surface area is 123 Å². The summed E-state index contributed by atoms with van der Waals surface area (Å²) in [5.74, 6) is -0.572. The van der Waals surface area contributed by atoms with Crippen molar-refractivity contribution in [2.45, 2.75) is 12.0 Å². The molecule has 0 unspecified atom stereocenters. The maximum atomic E-state index is 10.7. The first-order valence-electron chi connectivity index (χ1n) is 6.91. The fourth-order valence-electron chi connectivity index (χ4n) is 2.68. The van der Waals surface area contributed by atoms with Crippen LogP contribution in [0, 0.1) is 11.3 Å². The zero-order valence-electron chi connectivity index (χ0n) is 11.5. The van der Waals surface area contributed by atoms with Crippen LogP contribution in [0.3, 0.4) is 0 Å². The summed E-state index contributed by atoms with van der Waals surface area (Å²) in [5.41, 5.74) is 1.63. The van der Waals surface area contributed by atoms with Crippen LogP contribution in [0.5, 0.6) is 0 Å². The van der Waals surface area contributed by atoms with Gasteiger partial charge < -0.3 is 5.11 Å². The lowest BCUT2D eigenvalue weighted by Gasteiger charge is -2.19. The Morgan fingerprint density at radius 3 is 2.24 bits per heavy atom. The van der Waals surface area contributed by atoms with Gasteiger partial charge in [0, 0.05) is 0 Å². The first-order valence-corrected chi connectivity index (χ1v) is 6.91. The lowest BCUT2D eigenvalue weighted by molar-refractivity contribution is 0.166. The molecule has 0 radical (unpaired) electrons. The van der Waals surface area contributed by atoms with Gasteiger partial charge in [-0.2, -0.15) is 5.26 Å². The third kappa shape index (κ3) is 2.52. The fraction of sp³-hybridized carbons (Fsp3) is 0.105. The molecule has 2 atom stereocenters. The molecule has 2 heteroatoms. The highest BCUT2D eigenvalue weighted by Crippen LogP contribution is 2.34. The molecule has 0 aliphatic carbocycles. The largest absolute Gasteiger partial charge is 0.387 e. The lowest BCUT2D eigenvalue weighted by Crippen LogP contribution is -2.09. The Hall–Kier alpha value is -2.63. The van der Waals surface area contributed by atoms with Gasteiger partial charge in [-0.25, -0.2) is 0 Å². The quantitative estimate of drug-likeness (QED) is 0.778. The van der Waals surface area contributed by atoms with Gasteiger partial charge in [-0.3, -0.25) is 0 Å². The highest BCUT2D eigenvalue weighted by Gasteiger charge is 2.23. The summed E-state index contributed by atoms with van der Waals surface area (Å²) < 4.78 is 0. The van der Waals surface area contributed by atoms with E-state index in [1.54, 1.807) is 0 Å². The lowest BCUT2D eigenvalue weighted by atomic mass is 9.88. The number of fused-ring (bicyclic) bond motifs is 1. The second kappa shape index (κ2) is 5.78. The van der Waals surface area contributed by atoms with Gasteiger partial charge in [0.2, 0.25) is 0 Å². The monoisotopic (exact) mass is 273 g/mol. The second-order valence-corrected chi connectivity index (χ2v) is 5.03. The molecule has 0 saturated heterocycles. The number of rotatable bonds is 3. The molecule has 0 spiro atoms. The van der Waals surface area contributed by atoms with Crippen molar-refractivity contribution in [2.24, 2.45) is 0 Å². The highest BCUT2D eigenvalue weighted by molar-refractivity contribution is 5.86. The molecule has 0 amide bonds. The average Bonchev–Trinajstić information content (AvgIpc) is 2.56. The van der Waals surface area contributed by atoms with Crippen molar-refractivity contribution in [3.8, 4) is 6.07 Å². The molecule has 102 valence electrons. The van der Waals surface area contributed by atoms with Crippen molar-refractivity contribution in [2.75, 3.05) is 0 Å². The Morgan fingerprint density at radius 1 is 0.810 bits per heavy atom. The SMILES string of the molecule is N#C[C@H](c1ccccc1)[C@H](O)c1cccc2ccccc12. The van der Waals surface area contributed by atoms with Crippen LogP contribution >= 0.6 is 0 Å². The molecular weight excluding hydrogens is 258 g/mol. The molecule has 0 saturated carbocycles. The molecule has 0 fully saturated rings. The molecule has 2 nitrogen and oxygen atoms in total. The first kappa shape index (κ1) is 13.4. The third-order valence-electron chi connectivity index (χ3n) is 3.76. The minimum atomic E-state index is -0.844. The number of nitriles is 1. The molecular formula is C19H15NO. The van der Waals surface area contributed by atoms with Crippen molar-refractivity contribution >= 4 is 10.8 Å². The van der Waals surface area contributed by atoms with E-state index in [1.165, 1.54) is 0 Å². The van der Waals surface area contributed by atoms with E-state index in [0.29, 0.717) is 0 Å². The number of aliphatic hydroxyl groups excluding tert-OH is 1. The highest BCUT2D eigenvalue weighted by atomic mass is 16.3. The van der Waals surface area contributed by atoms with Crippen molar-refractivity contribution in [3.05, 3.63) is 83.9 Å². The standard InChI is InChI=1S/C19H15NO/c20-13-18(15-7-2-1-3-8-15)19(21)17-12-6-10-14-9-4-5-11-16(14)17/h1-12,18-19,21H/t18-,19-/m1/s1. The zero-order valence-corrected chi connectivity index (χ0v) is 11.5. The van der Waals surface area contributed by atoms with E-state index in [1.807, 2.05) is 72.8 Å². The van der Waals surface area contributed by atoms with E-state index in [4.69, 9.17) is 0 Å². The smallest absolute Gasteiger partial charge is 0.101 e. The van der Waals surface area contributed by atoms with E-state index in [9.17, 15) is 10.4 Å². The van der Waals surface area contributed by atoms with Crippen LogP contribution in [0.2, 0.25) is 0 Å². The molecule has 0 bridgehead atoms. The summed E-state index contributed by atoms with van der Waals surface area (Å²) >= 11 is 0. The van der Waals surface area contributed by atoms with Crippen molar-refractivity contribution in [1.82, 2.24) is 0 Å². The molecule has 3 aromatic carbocycles. The minimum Gasteiger partial charge on any atom is -0.387 e. The normalized spacial score (nSPS) is 13.5. The van der Waals surface area contributed by atoms with Crippen LogP contribution in [0.1, 0.15) is 23.1 Å². The molecule has 3 aromatic rings. The number of nitrogens with zero attached hydrogens (tertiary/aromatic N) is 1. The van der Waals surface area contributed by atoms with Gasteiger partial charge >= 0.3 is 0 Å². The number of aliphatic hydroxyl groups is 1. The van der Waals surface area contributed by atoms with Crippen molar-refractivity contribution in [3.63, 3.8) is 0 Å². The van der Waals surface area contributed by atoms with Gasteiger partial charge in [0.1, 0.15) is 5.92 Å². The zero-order chi connectivity index (χ0) is 14.7. The van der Waals surface area contributed by atoms with Gasteiger partial charge in [-0.05, 0) is 21.9 Å². The molecule has 0 aliphatic rings. The first-order chi connectivity index (χ1) is 10.3. The number of benzene rings is 3. The van der Waals surface area contributed by atoms with Crippen LogP contribution in [-0.2, 0) is 0 Å². The van der Waals surface area contributed by atoms with Gasteiger partial charge in [0.25, 0.3) is 0 Å². The van der Waals surface area contributed by atoms with Crippen LogP contribution < -0.4 is 0 Å². The minimum absolute atomic E-state index is 0.572. The third-order valence-corrected chi connectivity index (χ3v) is 3.76. The summed E-state index contributed by atoms with van der Waals surface area (Å²) in [4.78, 5) is 0. The Kier molecular flexibility index (Phi) is 3.68. The molecule has 0 aromatic heterocycles. The molecule has 0 heterocycles. The maximum Gasteiger partial charge on any atom is 0.101 e. The van der Waals surface area contributed by atoms with Crippen molar-refractivity contribution in [1.29, 1.82) is 5.26 Å². The summed E-state index contributed by atoms with van der Waals surface area (Å²) in [5, 5.41) is 22.2. The second-order valence-electron chi connectivity index (χ2n) is 5.03. The molecule has 1 N–H and O–H groups in total. The number of hydrogen-bond donors (Lipinski definition) is 1. The average molecular weight is 273 g/mol. The van der Waals surface area contributed by atoms with Crippen molar-refractivity contribution < 1.29 is 5.11 Å². The predicted octanol–water partition coefficient (Wildman–Crippen LogP) is 4.18. The Balaban J connectivity index is 2.08. The van der Waals surface area contributed by atoms with E-state index >= 15 is 0 Å². The van der Waals surface area contributed by atoms with Crippen LogP contribution in [0.15, 0.2) is 72.8 Å². The Morgan fingerprint density at radius 2 is 1.48 bits per heavy atom. The van der Waals surface area contributed by atoms with E-state index in [-0.39, 0.29) is 0 Å². The van der Waals surface area contributed by atoms with Gasteiger partial charge in [0.15, 0.2) is 0 Å². The van der Waals surface area contributed by atoms with Gasteiger partial charge in [0.05, 0.1) is 12.2 Å². The predicted molar refractivity (Wildman–Crippen MR) is 83.7 cm³/mol. The Bertz CT molecular complexity index is 784. The van der Waals surface area contributed by atoms with Crippen LogP contribution in [0.4, 0.5) is 0 Å². The van der Waals surface area contributed by atoms with E-state index in [0.717, 1.165) is 21.9 Å². The van der Waals surface area contributed by atoms with Crippen LogP contribution in [0.25, 0.3) is 10.8 Å². The van der Waals surface area contributed by atoms with E-state index in [2.05, 4.69) is 6.07 Å². The summed E-state index contributed by atoms with van der Waals surface area (Å²) in [6.07, 6.45) is -0.844. The van der Waals surface area contributed by atoms with E-state index < -0.39 is 12.0 Å². The van der Waals surface area contributed by atoms with Gasteiger partial charge in [-0.15, -0.1) is 0 Å². The maximum absolute atomic E-state index is 10.7. The van der Waals surface area contributed by atoms with Gasteiger partial charge in [-0.1, -0.05) is 72.8 Å². The number of hydrogen-bond acceptors (Lipinski definition) is 2. The summed E-state index contributed by atoms with van der Waals surface area (Å²) in [6, 6.07) is 25.4. The molecule has 0 aliphatic heterocycles. The summed E-state index contributed by atoms with van der Waals surface area (Å²) in [6.45, 7) is 0. The molecule has 21 heavy (non-hydrogen) atoms. The topological polar surface area (TPSA) is 44.0 Å². The fourth-order valence-corrected chi connectivity index (χ4v) is 2.68. The molecule has 3 rings (SSSR count).